The number of benzene rings is 2. The number of esters is 1. The number of hydrazine groups is 2. The van der Waals surface area contributed by atoms with E-state index in [0.717, 1.165) is 15.6 Å². The standard InChI is InChI=1S/C28H32N6O8/c1-40-20-10-5-9-19(15-20)29-27(38)31-32-14-12-23(35)33-13-6-11-22(34(33)28(32)39)25(37)30-21-16-24(36)42-26(21)41-17-18-7-3-2-4-8-18/h2-5,7-10,15,21-22,26H,6,11-14,16-17H2,1H3,(H,30,37)(H2,29,31,38)/t21-,22-,26?/m0/s1. The van der Waals surface area contributed by atoms with Crippen LogP contribution < -0.4 is 20.8 Å². The van der Waals surface area contributed by atoms with E-state index in [0.29, 0.717) is 17.9 Å². The van der Waals surface area contributed by atoms with Crippen LogP contribution in [0.4, 0.5) is 15.3 Å². The van der Waals surface area contributed by atoms with Crippen molar-refractivity contribution in [1.29, 1.82) is 0 Å². The summed E-state index contributed by atoms with van der Waals surface area (Å²) in [6.07, 6.45) is -0.433. The summed E-state index contributed by atoms with van der Waals surface area (Å²) in [5.41, 5.74) is 3.78. The van der Waals surface area contributed by atoms with Gasteiger partial charge in [0.15, 0.2) is 0 Å². The number of amides is 6. The highest BCUT2D eigenvalue weighted by molar-refractivity contribution is 5.94. The number of rotatable bonds is 8. The van der Waals surface area contributed by atoms with Gasteiger partial charge >= 0.3 is 18.0 Å². The summed E-state index contributed by atoms with van der Waals surface area (Å²) in [5, 5.41) is 8.74. The van der Waals surface area contributed by atoms with Crippen molar-refractivity contribution >= 4 is 35.5 Å². The molecule has 3 aliphatic rings. The lowest BCUT2D eigenvalue weighted by atomic mass is 10.1. The number of nitrogens with zero attached hydrogens (tertiary/aromatic N) is 3. The van der Waals surface area contributed by atoms with Crippen molar-refractivity contribution in [3.8, 4) is 5.75 Å². The average Bonchev–Trinajstić information content (AvgIpc) is 3.30. The molecule has 2 aromatic carbocycles. The molecule has 0 aromatic heterocycles. The minimum Gasteiger partial charge on any atom is -0.497 e. The molecule has 2 aromatic rings. The van der Waals surface area contributed by atoms with Gasteiger partial charge in [-0.25, -0.2) is 30.0 Å². The summed E-state index contributed by atoms with van der Waals surface area (Å²) in [6, 6.07) is 12.7. The molecule has 3 aliphatic heterocycles. The van der Waals surface area contributed by atoms with Crippen LogP contribution in [0.3, 0.4) is 0 Å². The molecule has 0 saturated carbocycles. The number of carbonyl (C=O) groups excluding carboxylic acids is 5. The first-order valence-corrected chi connectivity index (χ1v) is 13.6. The van der Waals surface area contributed by atoms with Crippen molar-refractivity contribution in [1.82, 2.24) is 25.8 Å². The van der Waals surface area contributed by atoms with Gasteiger partial charge in [0.1, 0.15) is 17.8 Å². The normalized spacial score (nSPS) is 22.2. The Balaban J connectivity index is 1.26. The van der Waals surface area contributed by atoms with Crippen molar-refractivity contribution in [2.24, 2.45) is 0 Å². The number of fused-ring (bicyclic) bond motifs is 1. The van der Waals surface area contributed by atoms with E-state index in [2.05, 4.69) is 16.1 Å². The Morgan fingerprint density at radius 2 is 1.86 bits per heavy atom. The highest BCUT2D eigenvalue weighted by Crippen LogP contribution is 2.25. The van der Waals surface area contributed by atoms with Crippen LogP contribution in [0.15, 0.2) is 54.6 Å². The van der Waals surface area contributed by atoms with Gasteiger partial charge < -0.3 is 24.8 Å². The lowest BCUT2D eigenvalue weighted by Gasteiger charge is -2.43. The van der Waals surface area contributed by atoms with Gasteiger partial charge in [0.25, 0.3) is 0 Å². The SMILES string of the molecule is COc1cccc(NC(=O)NN2CCC(=O)N3CCC[C@@H](C(=O)N[C@H]4CC(=O)OC4OCc4ccccc4)N3C2=O)c1. The average molecular weight is 581 g/mol. The zero-order valence-electron chi connectivity index (χ0n) is 23.0. The zero-order valence-corrected chi connectivity index (χ0v) is 23.0. The van der Waals surface area contributed by atoms with E-state index in [1.165, 1.54) is 12.1 Å². The van der Waals surface area contributed by atoms with Crippen LogP contribution in [0.1, 0.15) is 31.2 Å². The second-order valence-electron chi connectivity index (χ2n) is 9.98. The van der Waals surface area contributed by atoms with Gasteiger partial charge in [-0.3, -0.25) is 14.4 Å². The van der Waals surface area contributed by atoms with Crippen LogP contribution in [-0.2, 0) is 30.5 Å². The number of hydrogen-bond acceptors (Lipinski definition) is 8. The van der Waals surface area contributed by atoms with Gasteiger partial charge in [-0.05, 0) is 30.5 Å². The van der Waals surface area contributed by atoms with E-state index in [4.69, 9.17) is 14.2 Å². The molecule has 42 heavy (non-hydrogen) atoms. The van der Waals surface area contributed by atoms with E-state index in [-0.39, 0.29) is 44.9 Å². The van der Waals surface area contributed by atoms with Gasteiger partial charge in [0.05, 0.1) is 26.7 Å². The summed E-state index contributed by atoms with van der Waals surface area (Å²) in [7, 11) is 1.50. The quantitative estimate of drug-likeness (QED) is 0.398. The molecule has 3 N–H and O–H groups in total. The minimum atomic E-state index is -1.07. The molecule has 3 atom stereocenters. The summed E-state index contributed by atoms with van der Waals surface area (Å²) in [6.45, 7) is 0.316. The topological polar surface area (TPSA) is 159 Å². The molecule has 222 valence electrons. The number of anilines is 1. The molecular weight excluding hydrogens is 548 g/mol. The maximum Gasteiger partial charge on any atom is 0.358 e. The Morgan fingerprint density at radius 3 is 2.64 bits per heavy atom. The van der Waals surface area contributed by atoms with Gasteiger partial charge in [-0.2, -0.15) is 0 Å². The first kappa shape index (κ1) is 28.7. The fraction of sp³-hybridized carbons (Fsp3) is 0.393. The molecule has 3 fully saturated rings. The van der Waals surface area contributed by atoms with Crippen LogP contribution in [0.5, 0.6) is 5.75 Å². The summed E-state index contributed by atoms with van der Waals surface area (Å²) < 4.78 is 16.2. The second kappa shape index (κ2) is 12.8. The first-order chi connectivity index (χ1) is 20.3. The fourth-order valence-corrected chi connectivity index (χ4v) is 5.03. The Hall–Kier alpha value is -4.85. The van der Waals surface area contributed by atoms with E-state index in [1.54, 1.807) is 24.3 Å². The number of carbonyl (C=O) groups is 5. The van der Waals surface area contributed by atoms with Crippen molar-refractivity contribution in [2.45, 2.75) is 50.7 Å². The maximum absolute atomic E-state index is 13.7. The first-order valence-electron chi connectivity index (χ1n) is 13.6. The highest BCUT2D eigenvalue weighted by Gasteiger charge is 2.46. The molecule has 14 nitrogen and oxygen atoms in total. The molecule has 1 unspecified atom stereocenters. The molecule has 0 aliphatic carbocycles. The van der Waals surface area contributed by atoms with Crippen LogP contribution in [0.2, 0.25) is 0 Å². The molecule has 5 rings (SSSR count). The van der Waals surface area contributed by atoms with E-state index >= 15 is 0 Å². The molecular formula is C28H32N6O8. The van der Waals surface area contributed by atoms with Crippen molar-refractivity contribution in [3.05, 3.63) is 60.2 Å². The van der Waals surface area contributed by atoms with Crippen molar-refractivity contribution in [3.63, 3.8) is 0 Å². The lowest BCUT2D eigenvalue weighted by Crippen LogP contribution is -2.65. The Kier molecular flexibility index (Phi) is 8.71. The Labute approximate surface area is 241 Å². The van der Waals surface area contributed by atoms with E-state index < -0.39 is 42.3 Å². The smallest absolute Gasteiger partial charge is 0.358 e. The summed E-state index contributed by atoms with van der Waals surface area (Å²) in [4.78, 5) is 65.0. The fourth-order valence-electron chi connectivity index (χ4n) is 5.03. The van der Waals surface area contributed by atoms with E-state index in [9.17, 15) is 24.0 Å². The van der Waals surface area contributed by atoms with Gasteiger partial charge in [0.2, 0.25) is 18.1 Å². The van der Waals surface area contributed by atoms with Gasteiger partial charge in [-0.1, -0.05) is 36.4 Å². The molecule has 14 heteroatoms. The highest BCUT2D eigenvalue weighted by atomic mass is 16.7. The molecule has 3 heterocycles. The lowest BCUT2D eigenvalue weighted by molar-refractivity contribution is -0.169. The van der Waals surface area contributed by atoms with Crippen LogP contribution in [0, 0.1) is 0 Å². The number of hydrogen-bond donors (Lipinski definition) is 3. The minimum absolute atomic E-state index is 0.0591. The number of urea groups is 2. The largest absolute Gasteiger partial charge is 0.497 e. The molecule has 0 radical (unpaired) electrons. The van der Waals surface area contributed by atoms with Crippen LogP contribution in [-0.4, -0.2) is 83.4 Å². The van der Waals surface area contributed by atoms with Gasteiger partial charge in [-0.15, -0.1) is 0 Å². The molecule has 6 amide bonds. The Morgan fingerprint density at radius 1 is 1.05 bits per heavy atom. The van der Waals surface area contributed by atoms with Crippen LogP contribution in [0.25, 0.3) is 0 Å². The number of methoxy groups -OCH3 is 1. The predicted molar refractivity (Wildman–Crippen MR) is 146 cm³/mol. The summed E-state index contributed by atoms with van der Waals surface area (Å²) >= 11 is 0. The third kappa shape index (κ3) is 6.54. The predicted octanol–water partition coefficient (Wildman–Crippen LogP) is 1.74. The Bertz CT molecular complexity index is 1340. The summed E-state index contributed by atoms with van der Waals surface area (Å²) in [5.74, 6) is -0.923. The number of nitrogens with one attached hydrogen (secondary N) is 3. The third-order valence-electron chi connectivity index (χ3n) is 7.08. The number of ether oxygens (including phenoxy) is 3. The second-order valence-corrected chi connectivity index (χ2v) is 9.98. The zero-order chi connectivity index (χ0) is 29.6. The molecule has 3 saturated heterocycles. The third-order valence-corrected chi connectivity index (χ3v) is 7.08. The molecule has 0 spiro atoms. The van der Waals surface area contributed by atoms with Crippen molar-refractivity contribution in [2.75, 3.05) is 25.5 Å². The van der Waals surface area contributed by atoms with E-state index in [1.807, 2.05) is 30.3 Å². The van der Waals surface area contributed by atoms with Gasteiger partial charge in [0, 0.05) is 24.7 Å². The monoisotopic (exact) mass is 580 g/mol. The van der Waals surface area contributed by atoms with Crippen molar-refractivity contribution < 1.29 is 38.2 Å². The van der Waals surface area contributed by atoms with Crippen LogP contribution >= 0.6 is 0 Å². The maximum atomic E-state index is 13.7. The number of cyclic esters (lactones) is 1. The molecule has 0 bridgehead atoms.